The van der Waals surface area contributed by atoms with Crippen molar-refractivity contribution in [1.29, 1.82) is 0 Å². The van der Waals surface area contributed by atoms with E-state index in [1.807, 2.05) is 11.3 Å². The molecule has 0 unspecified atom stereocenters. The van der Waals surface area contributed by atoms with Crippen molar-refractivity contribution in [2.75, 3.05) is 10.6 Å². The molecule has 0 saturated carbocycles. The number of thiophene rings is 1. The van der Waals surface area contributed by atoms with Gasteiger partial charge in [-0.1, -0.05) is 45.9 Å². The maximum atomic E-state index is 6.60. The number of nitrogens with zero attached hydrogens (tertiary/aromatic N) is 1. The van der Waals surface area contributed by atoms with Crippen LogP contribution in [-0.4, -0.2) is 6.04 Å². The van der Waals surface area contributed by atoms with E-state index >= 15 is 0 Å². The lowest BCUT2D eigenvalue weighted by Crippen LogP contribution is -2.35. The van der Waals surface area contributed by atoms with Crippen molar-refractivity contribution in [1.82, 2.24) is 0 Å². The first-order chi connectivity index (χ1) is 10.3. The Kier molecular flexibility index (Phi) is 3.52. The average molecular weight is 314 g/mol. The molecular weight excluding hydrogens is 288 g/mol. The molecule has 1 aromatic heterocycles. The molecule has 2 N–H and O–H groups in total. The summed E-state index contributed by atoms with van der Waals surface area (Å²) in [6, 6.07) is 9.14. The fourth-order valence-corrected chi connectivity index (χ4v) is 4.87. The van der Waals surface area contributed by atoms with Crippen LogP contribution in [0.25, 0.3) is 0 Å². The first kappa shape index (κ1) is 15.4. The van der Waals surface area contributed by atoms with Gasteiger partial charge >= 0.3 is 0 Å². The van der Waals surface area contributed by atoms with Crippen molar-refractivity contribution in [3.8, 4) is 0 Å². The lowest BCUT2D eigenvalue weighted by molar-refractivity contribution is 0.627. The predicted octanol–water partition coefficient (Wildman–Crippen LogP) is 5.64. The average Bonchev–Trinajstić information content (AvgIpc) is 2.78. The van der Waals surface area contributed by atoms with E-state index in [4.69, 9.17) is 5.73 Å². The van der Waals surface area contributed by atoms with Crippen LogP contribution >= 0.6 is 11.3 Å². The van der Waals surface area contributed by atoms with Crippen molar-refractivity contribution in [2.24, 2.45) is 0 Å². The summed E-state index contributed by atoms with van der Waals surface area (Å²) in [6.45, 7) is 13.6. The summed E-state index contributed by atoms with van der Waals surface area (Å²) in [5.41, 5.74) is 11.5. The summed E-state index contributed by atoms with van der Waals surface area (Å²) >= 11 is 1.90. The highest BCUT2D eigenvalue weighted by atomic mass is 32.1. The molecule has 1 aliphatic heterocycles. The number of hydrogen-bond acceptors (Lipinski definition) is 3. The summed E-state index contributed by atoms with van der Waals surface area (Å²) in [7, 11) is 0. The molecule has 0 radical (unpaired) electrons. The zero-order valence-corrected chi connectivity index (χ0v) is 15.2. The second-order valence-corrected chi connectivity index (χ2v) is 8.37. The van der Waals surface area contributed by atoms with Gasteiger partial charge in [0.2, 0.25) is 0 Å². The zero-order valence-electron chi connectivity index (χ0n) is 14.4. The third-order valence-corrected chi connectivity index (χ3v) is 6.45. The Bertz CT molecular complexity index is 710. The summed E-state index contributed by atoms with van der Waals surface area (Å²) in [4.78, 5) is 5.14. The van der Waals surface area contributed by atoms with Gasteiger partial charge in [0.05, 0.1) is 11.4 Å². The summed E-state index contributed by atoms with van der Waals surface area (Å²) in [5, 5.41) is 0. The highest BCUT2D eigenvalue weighted by Gasteiger charge is 2.40. The number of hydrogen-bond donors (Lipinski definition) is 1. The van der Waals surface area contributed by atoms with Crippen LogP contribution in [0.3, 0.4) is 0 Å². The highest BCUT2D eigenvalue weighted by Crippen LogP contribution is 2.56. The maximum Gasteiger partial charge on any atom is 0.0800 e. The van der Waals surface area contributed by atoms with Crippen LogP contribution in [0.4, 0.5) is 17.1 Å². The first-order valence-electron chi connectivity index (χ1n) is 8.08. The molecule has 3 heteroatoms. The largest absolute Gasteiger partial charge is 0.396 e. The molecule has 2 nitrogen and oxygen atoms in total. The second-order valence-electron chi connectivity index (χ2n) is 7.32. The van der Waals surface area contributed by atoms with Gasteiger partial charge in [-0.05, 0) is 31.4 Å². The molecular formula is C19H26N2S. The molecule has 2 heterocycles. The van der Waals surface area contributed by atoms with Gasteiger partial charge in [0.1, 0.15) is 0 Å². The predicted molar refractivity (Wildman–Crippen MR) is 98.7 cm³/mol. The minimum absolute atomic E-state index is 0.00322. The van der Waals surface area contributed by atoms with Crippen LogP contribution in [0.15, 0.2) is 24.3 Å². The van der Waals surface area contributed by atoms with E-state index in [9.17, 15) is 0 Å². The fraction of sp³-hybridized carbons (Fsp3) is 0.474. The number of benzene rings is 1. The van der Waals surface area contributed by atoms with Gasteiger partial charge in [-0.2, -0.15) is 0 Å². The van der Waals surface area contributed by atoms with Gasteiger partial charge in [0.25, 0.3) is 0 Å². The van der Waals surface area contributed by atoms with Gasteiger partial charge in [0.15, 0.2) is 0 Å². The van der Waals surface area contributed by atoms with E-state index in [1.165, 1.54) is 26.7 Å². The van der Waals surface area contributed by atoms with E-state index in [1.54, 1.807) is 0 Å². The molecule has 0 atom stereocenters. The van der Waals surface area contributed by atoms with Gasteiger partial charge in [-0.25, -0.2) is 0 Å². The number of rotatable bonds is 2. The van der Waals surface area contributed by atoms with Crippen molar-refractivity contribution < 1.29 is 0 Å². The molecule has 0 bridgehead atoms. The monoisotopic (exact) mass is 314 g/mol. The number of anilines is 3. The SMILES string of the molecule is CC(C)c1sc2c(c1N)N(C(C)C)c1ccccc1C2(C)C. The van der Waals surface area contributed by atoms with Crippen LogP contribution in [-0.2, 0) is 5.41 Å². The topological polar surface area (TPSA) is 29.3 Å². The van der Waals surface area contributed by atoms with Crippen molar-refractivity contribution >= 4 is 28.4 Å². The van der Waals surface area contributed by atoms with Crippen LogP contribution in [0.5, 0.6) is 0 Å². The molecule has 0 fully saturated rings. The number of fused-ring (bicyclic) bond motifs is 2. The second kappa shape index (κ2) is 5.02. The first-order valence-corrected chi connectivity index (χ1v) is 8.89. The Labute approximate surface area is 138 Å². The Balaban J connectivity index is 2.36. The van der Waals surface area contributed by atoms with Crippen LogP contribution < -0.4 is 10.6 Å². The number of nitrogens with two attached hydrogens (primary N) is 1. The van der Waals surface area contributed by atoms with E-state index in [2.05, 4.69) is 70.7 Å². The van der Waals surface area contributed by atoms with E-state index < -0.39 is 0 Å². The molecule has 118 valence electrons. The van der Waals surface area contributed by atoms with Gasteiger partial charge < -0.3 is 10.6 Å². The molecule has 22 heavy (non-hydrogen) atoms. The minimum atomic E-state index is 0.00322. The van der Waals surface area contributed by atoms with Gasteiger partial charge in [-0.3, -0.25) is 0 Å². The van der Waals surface area contributed by atoms with Crippen LogP contribution in [0.2, 0.25) is 0 Å². The van der Waals surface area contributed by atoms with E-state index in [-0.39, 0.29) is 5.41 Å². The molecule has 2 aromatic rings. The molecule has 0 aliphatic carbocycles. The molecule has 1 aliphatic rings. The smallest absolute Gasteiger partial charge is 0.0800 e. The third-order valence-electron chi connectivity index (χ3n) is 4.63. The van der Waals surface area contributed by atoms with E-state index in [0.717, 1.165) is 5.69 Å². The Morgan fingerprint density at radius 2 is 1.73 bits per heavy atom. The minimum Gasteiger partial charge on any atom is -0.396 e. The van der Waals surface area contributed by atoms with Crippen LogP contribution in [0, 0.1) is 0 Å². The molecule has 0 spiro atoms. The molecule has 0 saturated heterocycles. The quantitative estimate of drug-likeness (QED) is 0.777. The zero-order chi connectivity index (χ0) is 16.2. The molecule has 3 rings (SSSR count). The lowest BCUT2D eigenvalue weighted by atomic mass is 9.78. The van der Waals surface area contributed by atoms with Crippen molar-refractivity contribution in [3.05, 3.63) is 39.6 Å². The van der Waals surface area contributed by atoms with Gasteiger partial charge in [-0.15, -0.1) is 11.3 Å². The normalized spacial score (nSPS) is 16.1. The summed E-state index contributed by atoms with van der Waals surface area (Å²) in [5.74, 6) is 0.462. The fourth-order valence-electron chi connectivity index (χ4n) is 3.54. The highest BCUT2D eigenvalue weighted by molar-refractivity contribution is 7.13. The maximum absolute atomic E-state index is 6.60. The Morgan fingerprint density at radius 1 is 1.09 bits per heavy atom. The lowest BCUT2D eigenvalue weighted by Gasteiger charge is -2.42. The molecule has 1 aromatic carbocycles. The Hall–Kier alpha value is -1.48. The summed E-state index contributed by atoms with van der Waals surface area (Å²) in [6.07, 6.45) is 0. The van der Waals surface area contributed by atoms with Crippen molar-refractivity contribution in [2.45, 2.75) is 58.9 Å². The summed E-state index contributed by atoms with van der Waals surface area (Å²) < 4.78 is 0. The Morgan fingerprint density at radius 3 is 2.32 bits per heavy atom. The number of para-hydroxylation sites is 1. The third kappa shape index (κ3) is 1.98. The van der Waals surface area contributed by atoms with Gasteiger partial charge in [0, 0.05) is 26.9 Å². The van der Waals surface area contributed by atoms with E-state index in [0.29, 0.717) is 12.0 Å². The van der Waals surface area contributed by atoms with Crippen LogP contribution in [0.1, 0.15) is 62.8 Å². The standard InChI is InChI=1S/C19H26N2S/c1-11(2)17-15(20)16-18(22-17)19(5,6)13-9-7-8-10-14(13)21(16)12(3)4/h7-12H,20H2,1-6H3. The number of nitrogen functional groups attached to an aromatic ring is 1. The van der Waals surface area contributed by atoms with Crippen molar-refractivity contribution in [3.63, 3.8) is 0 Å². The molecule has 0 amide bonds.